The number of amides is 1. The number of rotatable bonds is 2. The minimum Gasteiger partial charge on any atom is -0.507 e. The summed E-state index contributed by atoms with van der Waals surface area (Å²) in [6.07, 6.45) is 5.31. The van der Waals surface area contributed by atoms with Crippen LogP contribution in [0.25, 0.3) is 10.9 Å². The molecule has 1 aromatic carbocycles. The van der Waals surface area contributed by atoms with Crippen LogP contribution >= 0.6 is 0 Å². The van der Waals surface area contributed by atoms with E-state index in [0.717, 1.165) is 36.8 Å². The summed E-state index contributed by atoms with van der Waals surface area (Å²) in [6.45, 7) is 2.11. The maximum absolute atomic E-state index is 12.2. The second-order valence-corrected chi connectivity index (χ2v) is 5.10. The lowest BCUT2D eigenvalue weighted by Crippen LogP contribution is -2.37. The van der Waals surface area contributed by atoms with E-state index in [9.17, 15) is 9.90 Å². The molecule has 0 saturated carbocycles. The topological polar surface area (TPSA) is 45.5 Å². The summed E-state index contributed by atoms with van der Waals surface area (Å²) >= 11 is 0. The molecule has 1 N–H and O–H groups in total. The molecule has 2 heterocycles. The SMILES string of the molecule is O=C(Cn1ccc2c(O)cccc21)N1CCCCC1. The van der Waals surface area contributed by atoms with Gasteiger partial charge in [0, 0.05) is 24.7 Å². The van der Waals surface area contributed by atoms with Crippen molar-refractivity contribution in [1.82, 2.24) is 9.47 Å². The predicted molar refractivity (Wildman–Crippen MR) is 74.0 cm³/mol. The lowest BCUT2D eigenvalue weighted by molar-refractivity contribution is -0.132. The molecule has 0 atom stereocenters. The largest absolute Gasteiger partial charge is 0.507 e. The number of likely N-dealkylation sites (tertiary alicyclic amines) is 1. The number of hydrogen-bond acceptors (Lipinski definition) is 2. The molecule has 0 spiro atoms. The van der Waals surface area contributed by atoms with Crippen LogP contribution in [0.2, 0.25) is 0 Å². The fraction of sp³-hybridized carbons (Fsp3) is 0.400. The number of piperidine rings is 1. The van der Waals surface area contributed by atoms with Crippen LogP contribution in [0.3, 0.4) is 0 Å². The first-order valence-electron chi connectivity index (χ1n) is 6.80. The Hall–Kier alpha value is -1.97. The molecule has 2 aromatic rings. The van der Waals surface area contributed by atoms with E-state index in [1.54, 1.807) is 12.1 Å². The Morgan fingerprint density at radius 1 is 1.16 bits per heavy atom. The van der Waals surface area contributed by atoms with Crippen molar-refractivity contribution in [3.63, 3.8) is 0 Å². The third-order valence-corrected chi connectivity index (χ3v) is 3.81. The van der Waals surface area contributed by atoms with Crippen LogP contribution in [0.15, 0.2) is 30.5 Å². The van der Waals surface area contributed by atoms with E-state index in [2.05, 4.69) is 0 Å². The molecule has 0 unspecified atom stereocenters. The number of carbonyl (C=O) groups excluding carboxylic acids is 1. The fourth-order valence-electron chi connectivity index (χ4n) is 2.73. The second-order valence-electron chi connectivity index (χ2n) is 5.10. The van der Waals surface area contributed by atoms with E-state index in [1.165, 1.54) is 6.42 Å². The third-order valence-electron chi connectivity index (χ3n) is 3.81. The highest BCUT2D eigenvalue weighted by Gasteiger charge is 2.17. The fourth-order valence-corrected chi connectivity index (χ4v) is 2.73. The van der Waals surface area contributed by atoms with Crippen LogP contribution in [0.5, 0.6) is 5.75 Å². The maximum Gasteiger partial charge on any atom is 0.242 e. The highest BCUT2D eigenvalue weighted by Crippen LogP contribution is 2.25. The van der Waals surface area contributed by atoms with Gasteiger partial charge >= 0.3 is 0 Å². The van der Waals surface area contributed by atoms with Crippen LogP contribution < -0.4 is 0 Å². The molecule has 0 bridgehead atoms. The Labute approximate surface area is 112 Å². The molecule has 19 heavy (non-hydrogen) atoms. The Balaban J connectivity index is 1.81. The summed E-state index contributed by atoms with van der Waals surface area (Å²) in [5, 5.41) is 10.6. The molecular weight excluding hydrogens is 240 g/mol. The van der Waals surface area contributed by atoms with E-state index in [0.29, 0.717) is 6.54 Å². The van der Waals surface area contributed by atoms with Crippen molar-refractivity contribution < 1.29 is 9.90 Å². The minimum atomic E-state index is 0.167. The van der Waals surface area contributed by atoms with Gasteiger partial charge in [-0.2, -0.15) is 0 Å². The Bertz CT molecular complexity index is 597. The van der Waals surface area contributed by atoms with Gasteiger partial charge in [-0.1, -0.05) is 6.07 Å². The predicted octanol–water partition coefficient (Wildman–Crippen LogP) is 2.36. The minimum absolute atomic E-state index is 0.167. The normalized spacial score (nSPS) is 15.9. The number of aromatic hydroxyl groups is 1. The molecule has 1 aliphatic heterocycles. The monoisotopic (exact) mass is 258 g/mol. The first kappa shape index (κ1) is 12.1. The zero-order chi connectivity index (χ0) is 13.2. The van der Waals surface area contributed by atoms with Crippen molar-refractivity contribution in [3.8, 4) is 5.75 Å². The Kier molecular flexibility index (Phi) is 3.15. The molecule has 0 aliphatic carbocycles. The molecule has 4 heteroatoms. The highest BCUT2D eigenvalue weighted by molar-refractivity contribution is 5.87. The zero-order valence-corrected chi connectivity index (χ0v) is 10.9. The van der Waals surface area contributed by atoms with Gasteiger partial charge in [-0.15, -0.1) is 0 Å². The van der Waals surface area contributed by atoms with Gasteiger partial charge in [0.05, 0.1) is 5.52 Å². The van der Waals surface area contributed by atoms with Crippen molar-refractivity contribution in [2.24, 2.45) is 0 Å². The summed E-state index contributed by atoms with van der Waals surface area (Å²) in [5.41, 5.74) is 0.908. The molecular formula is C15H18N2O2. The van der Waals surface area contributed by atoms with Gasteiger partial charge in [0.1, 0.15) is 12.3 Å². The van der Waals surface area contributed by atoms with Gasteiger partial charge in [-0.05, 0) is 37.5 Å². The number of aromatic nitrogens is 1. The molecule has 100 valence electrons. The van der Waals surface area contributed by atoms with Gasteiger partial charge in [0.15, 0.2) is 0 Å². The van der Waals surface area contributed by atoms with Crippen LogP contribution in [-0.4, -0.2) is 33.6 Å². The molecule has 0 radical (unpaired) electrons. The summed E-state index contributed by atoms with van der Waals surface area (Å²) in [6, 6.07) is 7.26. The summed E-state index contributed by atoms with van der Waals surface area (Å²) in [5.74, 6) is 0.433. The summed E-state index contributed by atoms with van der Waals surface area (Å²) in [4.78, 5) is 14.2. The zero-order valence-electron chi connectivity index (χ0n) is 10.9. The molecule has 1 saturated heterocycles. The van der Waals surface area contributed by atoms with E-state index >= 15 is 0 Å². The van der Waals surface area contributed by atoms with Gasteiger partial charge in [0.2, 0.25) is 5.91 Å². The van der Waals surface area contributed by atoms with Crippen LogP contribution in [0, 0.1) is 0 Å². The van der Waals surface area contributed by atoms with Gasteiger partial charge in [-0.3, -0.25) is 4.79 Å². The molecule has 1 fully saturated rings. The number of nitrogens with zero attached hydrogens (tertiary/aromatic N) is 2. The van der Waals surface area contributed by atoms with Crippen molar-refractivity contribution in [2.45, 2.75) is 25.8 Å². The maximum atomic E-state index is 12.2. The average Bonchev–Trinajstić information content (AvgIpc) is 2.84. The number of hydrogen-bond donors (Lipinski definition) is 1. The number of fused-ring (bicyclic) bond motifs is 1. The Morgan fingerprint density at radius 3 is 2.74 bits per heavy atom. The van der Waals surface area contributed by atoms with Crippen molar-refractivity contribution >= 4 is 16.8 Å². The summed E-state index contributed by atoms with van der Waals surface area (Å²) in [7, 11) is 0. The van der Waals surface area contributed by atoms with Crippen LogP contribution in [-0.2, 0) is 11.3 Å². The summed E-state index contributed by atoms with van der Waals surface area (Å²) < 4.78 is 1.91. The van der Waals surface area contributed by atoms with Crippen molar-refractivity contribution in [1.29, 1.82) is 0 Å². The molecule has 1 aliphatic rings. The lowest BCUT2D eigenvalue weighted by atomic mass is 10.1. The molecule has 4 nitrogen and oxygen atoms in total. The standard InChI is InChI=1S/C15H18N2O2/c18-14-6-4-5-13-12(14)7-10-17(13)11-15(19)16-8-2-1-3-9-16/h4-7,10,18H,1-3,8-9,11H2. The van der Waals surface area contributed by atoms with Crippen LogP contribution in [0.4, 0.5) is 0 Å². The van der Waals surface area contributed by atoms with E-state index in [1.807, 2.05) is 27.8 Å². The molecule has 1 aromatic heterocycles. The average molecular weight is 258 g/mol. The van der Waals surface area contributed by atoms with Gasteiger partial charge in [0.25, 0.3) is 0 Å². The van der Waals surface area contributed by atoms with Gasteiger partial charge < -0.3 is 14.6 Å². The first-order valence-corrected chi connectivity index (χ1v) is 6.80. The van der Waals surface area contributed by atoms with Gasteiger partial charge in [-0.25, -0.2) is 0 Å². The lowest BCUT2D eigenvalue weighted by Gasteiger charge is -2.27. The second kappa shape index (κ2) is 4.96. The first-order chi connectivity index (χ1) is 9.25. The number of carbonyl (C=O) groups is 1. The number of phenolic OH excluding ortho intramolecular Hbond substituents is 1. The Morgan fingerprint density at radius 2 is 1.95 bits per heavy atom. The van der Waals surface area contributed by atoms with E-state index in [-0.39, 0.29) is 11.7 Å². The van der Waals surface area contributed by atoms with Crippen LogP contribution in [0.1, 0.15) is 19.3 Å². The highest BCUT2D eigenvalue weighted by atomic mass is 16.3. The number of phenols is 1. The number of benzene rings is 1. The van der Waals surface area contributed by atoms with E-state index in [4.69, 9.17) is 0 Å². The van der Waals surface area contributed by atoms with Crippen molar-refractivity contribution in [3.05, 3.63) is 30.5 Å². The molecule has 3 rings (SSSR count). The smallest absolute Gasteiger partial charge is 0.242 e. The van der Waals surface area contributed by atoms with Crippen molar-refractivity contribution in [2.75, 3.05) is 13.1 Å². The quantitative estimate of drug-likeness (QED) is 0.898. The van der Waals surface area contributed by atoms with E-state index < -0.39 is 0 Å². The molecule has 1 amide bonds. The third kappa shape index (κ3) is 2.30.